The highest BCUT2D eigenvalue weighted by molar-refractivity contribution is 7.14. The largest absolute Gasteiger partial charge is 0.337 e. The summed E-state index contributed by atoms with van der Waals surface area (Å²) in [6.07, 6.45) is 1.79. The second-order valence-electron chi connectivity index (χ2n) is 7.89. The number of carbonyl (C=O) groups is 2. The zero-order valence-corrected chi connectivity index (χ0v) is 18.5. The van der Waals surface area contributed by atoms with Crippen molar-refractivity contribution in [1.82, 2.24) is 20.0 Å². The molecule has 1 fully saturated rings. The molecule has 1 aliphatic rings. The maximum atomic E-state index is 14.1. The van der Waals surface area contributed by atoms with Crippen molar-refractivity contribution in [2.75, 3.05) is 7.05 Å². The monoisotopic (exact) mass is 456 g/mol. The highest BCUT2D eigenvalue weighted by Crippen LogP contribution is 2.44. The minimum atomic E-state index is -0.910. The predicted octanol–water partition coefficient (Wildman–Crippen LogP) is 4.19. The molecular formula is C23H22F2N4O2S. The third kappa shape index (κ3) is 4.12. The Hall–Kier alpha value is -3.20. The van der Waals surface area contributed by atoms with Crippen LogP contribution in [0.25, 0.3) is 10.6 Å². The van der Waals surface area contributed by atoms with E-state index in [0.29, 0.717) is 24.3 Å². The van der Waals surface area contributed by atoms with Gasteiger partial charge in [-0.15, -0.1) is 10.2 Å². The van der Waals surface area contributed by atoms with Crippen LogP contribution < -0.4 is 0 Å². The number of hydrogen-bond donors (Lipinski definition) is 0. The van der Waals surface area contributed by atoms with E-state index in [4.69, 9.17) is 0 Å². The third-order valence-corrected chi connectivity index (χ3v) is 6.86. The quantitative estimate of drug-likeness (QED) is 0.477. The highest BCUT2D eigenvalue weighted by atomic mass is 32.1. The van der Waals surface area contributed by atoms with Crippen molar-refractivity contribution in [2.24, 2.45) is 0 Å². The average Bonchev–Trinajstić information content (AvgIpc) is 3.48. The summed E-state index contributed by atoms with van der Waals surface area (Å²) in [6, 6.07) is 12.8. The van der Waals surface area contributed by atoms with Crippen LogP contribution in [0.1, 0.15) is 36.4 Å². The Morgan fingerprint density at radius 1 is 1.19 bits per heavy atom. The summed E-state index contributed by atoms with van der Waals surface area (Å²) in [5.41, 5.74) is 0.236. The fourth-order valence-corrected chi connectivity index (χ4v) is 4.59. The van der Waals surface area contributed by atoms with Crippen molar-refractivity contribution in [3.05, 3.63) is 70.7 Å². The Bertz CT molecular complexity index is 1130. The van der Waals surface area contributed by atoms with Crippen LogP contribution in [0.3, 0.4) is 0 Å². The van der Waals surface area contributed by atoms with Crippen molar-refractivity contribution in [3.63, 3.8) is 0 Å². The van der Waals surface area contributed by atoms with Gasteiger partial charge < -0.3 is 9.80 Å². The molecule has 1 saturated carbocycles. The number of rotatable bonds is 8. The van der Waals surface area contributed by atoms with Crippen molar-refractivity contribution in [2.45, 2.75) is 37.9 Å². The van der Waals surface area contributed by atoms with Gasteiger partial charge in [0.1, 0.15) is 22.2 Å². The van der Waals surface area contributed by atoms with Crippen LogP contribution in [-0.2, 0) is 16.1 Å². The molecule has 0 radical (unpaired) electrons. The van der Waals surface area contributed by atoms with E-state index in [0.717, 1.165) is 29.0 Å². The third-order valence-electron chi connectivity index (χ3n) is 5.92. The second kappa shape index (κ2) is 8.74. The van der Waals surface area contributed by atoms with Crippen LogP contribution in [0.5, 0.6) is 0 Å². The normalized spacial score (nSPS) is 15.1. The Balaban J connectivity index is 1.51. The number of benzene rings is 2. The molecule has 166 valence electrons. The van der Waals surface area contributed by atoms with Gasteiger partial charge in [-0.1, -0.05) is 41.7 Å². The SMILES string of the molecule is CC(c1ccccc1)N(C)C(=O)C1(N(C=O)Cc2nnc(-c3ccc(F)cc3F)s2)CC1. The molecule has 3 aromatic rings. The first kappa shape index (κ1) is 22.0. The van der Waals surface area contributed by atoms with Gasteiger partial charge in [0.25, 0.3) is 0 Å². The molecule has 0 bridgehead atoms. The molecule has 9 heteroatoms. The molecule has 6 nitrogen and oxygen atoms in total. The van der Waals surface area contributed by atoms with Crippen molar-refractivity contribution < 1.29 is 18.4 Å². The van der Waals surface area contributed by atoms with E-state index in [1.165, 1.54) is 11.0 Å². The van der Waals surface area contributed by atoms with Gasteiger partial charge in [-0.05, 0) is 37.5 Å². The summed E-state index contributed by atoms with van der Waals surface area (Å²) >= 11 is 1.11. The Morgan fingerprint density at radius 3 is 2.53 bits per heavy atom. The van der Waals surface area contributed by atoms with Gasteiger partial charge >= 0.3 is 0 Å². The molecule has 1 aromatic heterocycles. The lowest BCUT2D eigenvalue weighted by atomic mass is 10.1. The van der Waals surface area contributed by atoms with Crippen LogP contribution in [0.2, 0.25) is 0 Å². The molecule has 2 amide bonds. The highest BCUT2D eigenvalue weighted by Gasteiger charge is 2.56. The summed E-state index contributed by atoms with van der Waals surface area (Å²) in [5, 5.41) is 8.79. The molecular weight excluding hydrogens is 434 g/mol. The number of amides is 2. The van der Waals surface area contributed by atoms with Crippen molar-refractivity contribution >= 4 is 23.7 Å². The summed E-state index contributed by atoms with van der Waals surface area (Å²) < 4.78 is 27.2. The zero-order chi connectivity index (χ0) is 22.9. The van der Waals surface area contributed by atoms with E-state index in [2.05, 4.69) is 10.2 Å². The van der Waals surface area contributed by atoms with Crippen LogP contribution >= 0.6 is 11.3 Å². The predicted molar refractivity (Wildman–Crippen MR) is 116 cm³/mol. The topological polar surface area (TPSA) is 66.4 Å². The Morgan fingerprint density at radius 2 is 1.91 bits per heavy atom. The summed E-state index contributed by atoms with van der Waals surface area (Å²) in [6.45, 7) is 2.03. The van der Waals surface area contributed by atoms with E-state index in [1.54, 1.807) is 11.9 Å². The molecule has 32 heavy (non-hydrogen) atoms. The Labute approximate surface area is 188 Å². The van der Waals surface area contributed by atoms with Gasteiger partial charge in [0.2, 0.25) is 12.3 Å². The van der Waals surface area contributed by atoms with Crippen LogP contribution in [0.4, 0.5) is 8.78 Å². The standard InChI is InChI=1S/C23H22F2N4O2S/c1-15(16-6-4-3-5-7-16)28(2)22(31)23(10-11-23)29(14-30)13-20-26-27-21(32-20)18-9-8-17(24)12-19(18)25/h3-9,12,14-15H,10-11,13H2,1-2H3. The first-order valence-corrected chi connectivity index (χ1v) is 11.0. The first-order chi connectivity index (χ1) is 15.4. The van der Waals surface area contributed by atoms with E-state index in [-0.39, 0.29) is 29.1 Å². The number of aromatic nitrogens is 2. The summed E-state index contributed by atoms with van der Waals surface area (Å²) in [4.78, 5) is 28.4. The minimum absolute atomic E-state index is 0.0866. The molecule has 0 aliphatic heterocycles. The van der Waals surface area contributed by atoms with E-state index < -0.39 is 17.2 Å². The van der Waals surface area contributed by atoms with E-state index >= 15 is 0 Å². The molecule has 1 aliphatic carbocycles. The fraction of sp³-hybridized carbons (Fsp3) is 0.304. The van der Waals surface area contributed by atoms with Gasteiger partial charge in [-0.25, -0.2) is 8.78 Å². The van der Waals surface area contributed by atoms with Gasteiger partial charge in [-0.3, -0.25) is 9.59 Å². The van der Waals surface area contributed by atoms with Crippen LogP contribution in [0, 0.1) is 11.6 Å². The first-order valence-electron chi connectivity index (χ1n) is 10.2. The summed E-state index contributed by atoms with van der Waals surface area (Å²) in [7, 11) is 1.74. The maximum absolute atomic E-state index is 14.1. The Kier molecular flexibility index (Phi) is 6.01. The zero-order valence-electron chi connectivity index (χ0n) is 17.7. The molecule has 4 rings (SSSR count). The van der Waals surface area contributed by atoms with E-state index in [1.807, 2.05) is 37.3 Å². The molecule has 1 atom stereocenters. The molecule has 0 N–H and O–H groups in total. The van der Waals surface area contributed by atoms with Gasteiger partial charge in [0.05, 0.1) is 12.6 Å². The lowest BCUT2D eigenvalue weighted by Gasteiger charge is -2.33. The molecule has 0 spiro atoms. The maximum Gasteiger partial charge on any atom is 0.248 e. The number of likely N-dealkylation sites (N-methyl/N-ethyl adjacent to an activating group) is 1. The number of halogens is 2. The molecule has 0 saturated heterocycles. The second-order valence-corrected chi connectivity index (χ2v) is 8.95. The number of hydrogen-bond acceptors (Lipinski definition) is 5. The molecule has 2 aromatic carbocycles. The van der Waals surface area contributed by atoms with Gasteiger partial charge in [0.15, 0.2) is 5.01 Å². The summed E-state index contributed by atoms with van der Waals surface area (Å²) in [5.74, 6) is -1.54. The molecule has 1 unspecified atom stereocenters. The number of carbonyl (C=O) groups excluding carboxylic acids is 2. The van der Waals surface area contributed by atoms with Crippen LogP contribution in [0.15, 0.2) is 48.5 Å². The lowest BCUT2D eigenvalue weighted by Crippen LogP contribution is -2.49. The van der Waals surface area contributed by atoms with Gasteiger partial charge in [-0.2, -0.15) is 0 Å². The lowest BCUT2D eigenvalue weighted by molar-refractivity contribution is -0.143. The van der Waals surface area contributed by atoms with E-state index in [9.17, 15) is 18.4 Å². The van der Waals surface area contributed by atoms with Crippen molar-refractivity contribution in [1.29, 1.82) is 0 Å². The van der Waals surface area contributed by atoms with Gasteiger partial charge in [0, 0.05) is 18.7 Å². The smallest absolute Gasteiger partial charge is 0.248 e. The van der Waals surface area contributed by atoms with Crippen molar-refractivity contribution in [3.8, 4) is 10.6 Å². The number of nitrogens with zero attached hydrogens (tertiary/aromatic N) is 4. The molecule has 1 heterocycles. The fourth-order valence-electron chi connectivity index (χ4n) is 3.73. The average molecular weight is 457 g/mol. The minimum Gasteiger partial charge on any atom is -0.337 e. The van der Waals surface area contributed by atoms with Crippen LogP contribution in [-0.4, -0.2) is 44.9 Å².